The largest absolute Gasteiger partial charge is 0.496 e. The monoisotopic (exact) mass is 244 g/mol. The third-order valence-electron chi connectivity index (χ3n) is 3.18. The standard InChI is InChI=1S/C15H20N2O/c1-9(2)12-8-13(10(3)6-15(12)18-5)14-7-11(4)16-17-14/h6-9H,1-5H3,(H,16,17). The van der Waals surface area contributed by atoms with Gasteiger partial charge in [-0.25, -0.2) is 0 Å². The van der Waals surface area contributed by atoms with Crippen molar-refractivity contribution < 1.29 is 4.74 Å². The second-order valence-corrected chi connectivity index (χ2v) is 5.00. The predicted molar refractivity (Wildman–Crippen MR) is 74.1 cm³/mol. The van der Waals surface area contributed by atoms with E-state index in [2.05, 4.69) is 49.2 Å². The summed E-state index contributed by atoms with van der Waals surface area (Å²) in [5, 5.41) is 7.33. The number of H-pyrrole nitrogens is 1. The molecule has 0 saturated heterocycles. The molecule has 0 aliphatic rings. The van der Waals surface area contributed by atoms with Gasteiger partial charge < -0.3 is 4.74 Å². The molecule has 1 heterocycles. The summed E-state index contributed by atoms with van der Waals surface area (Å²) in [6.07, 6.45) is 0. The maximum atomic E-state index is 5.46. The number of aromatic nitrogens is 2. The van der Waals surface area contributed by atoms with Crippen molar-refractivity contribution in [3.63, 3.8) is 0 Å². The fourth-order valence-electron chi connectivity index (χ4n) is 2.16. The topological polar surface area (TPSA) is 37.9 Å². The first-order chi connectivity index (χ1) is 8.52. The van der Waals surface area contributed by atoms with Crippen molar-refractivity contribution in [2.75, 3.05) is 7.11 Å². The summed E-state index contributed by atoms with van der Waals surface area (Å²) in [6, 6.07) is 6.35. The Kier molecular flexibility index (Phi) is 3.41. The van der Waals surface area contributed by atoms with E-state index in [4.69, 9.17) is 4.74 Å². The Labute approximate surface area is 108 Å². The molecule has 0 amide bonds. The van der Waals surface area contributed by atoms with Crippen LogP contribution in [0.4, 0.5) is 0 Å². The highest BCUT2D eigenvalue weighted by molar-refractivity contribution is 5.67. The van der Waals surface area contributed by atoms with Gasteiger partial charge in [-0.3, -0.25) is 5.10 Å². The van der Waals surface area contributed by atoms with E-state index in [1.807, 2.05) is 6.92 Å². The van der Waals surface area contributed by atoms with Gasteiger partial charge in [-0.15, -0.1) is 0 Å². The molecule has 1 N–H and O–H groups in total. The number of hydrogen-bond acceptors (Lipinski definition) is 2. The number of nitrogens with one attached hydrogen (secondary N) is 1. The summed E-state index contributed by atoms with van der Waals surface area (Å²) in [5.41, 5.74) is 5.64. The molecule has 0 aliphatic carbocycles. The number of benzene rings is 1. The molecule has 1 aromatic heterocycles. The van der Waals surface area contributed by atoms with Crippen molar-refractivity contribution in [2.24, 2.45) is 0 Å². The van der Waals surface area contributed by atoms with Gasteiger partial charge >= 0.3 is 0 Å². The van der Waals surface area contributed by atoms with Crippen LogP contribution in [0.2, 0.25) is 0 Å². The average molecular weight is 244 g/mol. The van der Waals surface area contributed by atoms with Crippen molar-refractivity contribution in [2.45, 2.75) is 33.6 Å². The first-order valence-corrected chi connectivity index (χ1v) is 6.24. The minimum atomic E-state index is 0.430. The molecule has 0 spiro atoms. The number of aromatic amines is 1. The molecule has 3 heteroatoms. The van der Waals surface area contributed by atoms with E-state index in [1.165, 1.54) is 16.7 Å². The second kappa shape index (κ2) is 4.84. The van der Waals surface area contributed by atoms with E-state index in [0.29, 0.717) is 5.92 Å². The highest BCUT2D eigenvalue weighted by Gasteiger charge is 2.13. The zero-order chi connectivity index (χ0) is 13.3. The van der Waals surface area contributed by atoms with Gasteiger partial charge in [0.05, 0.1) is 12.8 Å². The molecule has 0 bridgehead atoms. The summed E-state index contributed by atoms with van der Waals surface area (Å²) < 4.78 is 5.46. The highest BCUT2D eigenvalue weighted by atomic mass is 16.5. The van der Waals surface area contributed by atoms with Crippen molar-refractivity contribution in [3.8, 4) is 17.0 Å². The van der Waals surface area contributed by atoms with Crippen molar-refractivity contribution >= 4 is 0 Å². The molecule has 2 aromatic rings. The maximum absolute atomic E-state index is 5.46. The second-order valence-electron chi connectivity index (χ2n) is 5.00. The lowest BCUT2D eigenvalue weighted by Crippen LogP contribution is -1.97. The molecule has 0 aliphatic heterocycles. The van der Waals surface area contributed by atoms with Gasteiger partial charge in [0.1, 0.15) is 5.75 Å². The third kappa shape index (κ3) is 2.26. The normalized spacial score (nSPS) is 11.0. The Hall–Kier alpha value is -1.77. The van der Waals surface area contributed by atoms with Gasteiger partial charge in [0.2, 0.25) is 0 Å². The summed E-state index contributed by atoms with van der Waals surface area (Å²) in [4.78, 5) is 0. The van der Waals surface area contributed by atoms with Crippen LogP contribution in [-0.2, 0) is 0 Å². The molecule has 0 fully saturated rings. The van der Waals surface area contributed by atoms with Crippen molar-refractivity contribution in [1.82, 2.24) is 10.2 Å². The van der Waals surface area contributed by atoms with Gasteiger partial charge in [-0.1, -0.05) is 13.8 Å². The van der Waals surface area contributed by atoms with Crippen LogP contribution in [0.3, 0.4) is 0 Å². The Balaban J connectivity index is 2.58. The smallest absolute Gasteiger partial charge is 0.122 e. The van der Waals surface area contributed by atoms with Crippen LogP contribution in [0, 0.1) is 13.8 Å². The lowest BCUT2D eigenvalue weighted by atomic mass is 9.95. The molecule has 3 nitrogen and oxygen atoms in total. The minimum Gasteiger partial charge on any atom is -0.496 e. The van der Waals surface area contributed by atoms with Crippen LogP contribution in [0.25, 0.3) is 11.3 Å². The fraction of sp³-hybridized carbons (Fsp3) is 0.400. The van der Waals surface area contributed by atoms with Gasteiger partial charge in [-0.2, -0.15) is 5.10 Å². The number of hydrogen-bond donors (Lipinski definition) is 1. The van der Waals surface area contributed by atoms with Gasteiger partial charge in [0.15, 0.2) is 0 Å². The van der Waals surface area contributed by atoms with Gasteiger partial charge in [0.25, 0.3) is 0 Å². The first kappa shape index (κ1) is 12.7. The fourth-order valence-corrected chi connectivity index (χ4v) is 2.16. The first-order valence-electron chi connectivity index (χ1n) is 6.24. The third-order valence-corrected chi connectivity index (χ3v) is 3.18. The molecule has 0 unspecified atom stereocenters. The van der Waals surface area contributed by atoms with Gasteiger partial charge in [0, 0.05) is 11.3 Å². The van der Waals surface area contributed by atoms with Crippen molar-refractivity contribution in [1.29, 1.82) is 0 Å². The van der Waals surface area contributed by atoms with Crippen LogP contribution in [-0.4, -0.2) is 17.3 Å². The van der Waals surface area contributed by atoms with E-state index < -0.39 is 0 Å². The lowest BCUT2D eigenvalue weighted by molar-refractivity contribution is 0.407. The summed E-state index contributed by atoms with van der Waals surface area (Å²) >= 11 is 0. The van der Waals surface area contributed by atoms with Gasteiger partial charge in [-0.05, 0) is 49.1 Å². The molecule has 96 valence electrons. The molecule has 0 radical (unpaired) electrons. The Morgan fingerprint density at radius 3 is 2.39 bits per heavy atom. The van der Waals surface area contributed by atoms with Crippen LogP contribution in [0.15, 0.2) is 18.2 Å². The molecule has 0 atom stereocenters. The lowest BCUT2D eigenvalue weighted by Gasteiger charge is -2.15. The molecular weight excluding hydrogens is 224 g/mol. The van der Waals surface area contributed by atoms with Crippen molar-refractivity contribution in [3.05, 3.63) is 35.0 Å². The molecule has 1 aromatic carbocycles. The number of rotatable bonds is 3. The number of methoxy groups -OCH3 is 1. The SMILES string of the molecule is COc1cc(C)c(-c2cc(C)[nH]n2)cc1C(C)C. The number of nitrogens with zero attached hydrogens (tertiary/aromatic N) is 1. The average Bonchev–Trinajstić information content (AvgIpc) is 2.74. The molecular formula is C15H20N2O. The quantitative estimate of drug-likeness (QED) is 0.891. The zero-order valence-corrected chi connectivity index (χ0v) is 11.7. The molecule has 0 saturated carbocycles. The maximum Gasteiger partial charge on any atom is 0.122 e. The van der Waals surface area contributed by atoms with Crippen LogP contribution < -0.4 is 4.74 Å². The minimum absolute atomic E-state index is 0.430. The van der Waals surface area contributed by atoms with E-state index in [9.17, 15) is 0 Å². The Morgan fingerprint density at radius 2 is 1.89 bits per heavy atom. The summed E-state index contributed by atoms with van der Waals surface area (Å²) in [7, 11) is 1.72. The highest BCUT2D eigenvalue weighted by Crippen LogP contribution is 2.33. The van der Waals surface area contributed by atoms with E-state index in [-0.39, 0.29) is 0 Å². The van der Waals surface area contributed by atoms with Crippen LogP contribution >= 0.6 is 0 Å². The number of aryl methyl sites for hydroxylation is 2. The Morgan fingerprint density at radius 1 is 1.17 bits per heavy atom. The number of ether oxygens (including phenoxy) is 1. The van der Waals surface area contributed by atoms with Crippen LogP contribution in [0.1, 0.15) is 36.6 Å². The molecule has 2 rings (SSSR count). The van der Waals surface area contributed by atoms with E-state index in [0.717, 1.165) is 17.1 Å². The van der Waals surface area contributed by atoms with Crippen LogP contribution in [0.5, 0.6) is 5.75 Å². The zero-order valence-electron chi connectivity index (χ0n) is 11.7. The molecule has 18 heavy (non-hydrogen) atoms. The Bertz CT molecular complexity index is 556. The summed E-state index contributed by atoms with van der Waals surface area (Å²) in [5.74, 6) is 1.39. The summed E-state index contributed by atoms with van der Waals surface area (Å²) in [6.45, 7) is 8.45. The van der Waals surface area contributed by atoms with E-state index in [1.54, 1.807) is 7.11 Å². The predicted octanol–water partition coefficient (Wildman–Crippen LogP) is 3.83. The van der Waals surface area contributed by atoms with E-state index >= 15 is 0 Å².